The van der Waals surface area contributed by atoms with Gasteiger partial charge in [0.1, 0.15) is 17.3 Å². The lowest BCUT2D eigenvalue weighted by molar-refractivity contribution is -0.116. The molecule has 7 nitrogen and oxygen atoms in total. The number of nitrogens with one attached hydrogen (secondary N) is 3. The number of anilines is 1. The molecule has 0 amide bonds. The second kappa shape index (κ2) is 5.84. The van der Waals surface area contributed by atoms with Crippen molar-refractivity contribution in [1.29, 1.82) is 0 Å². The van der Waals surface area contributed by atoms with E-state index >= 15 is 0 Å². The van der Waals surface area contributed by atoms with Crippen molar-refractivity contribution in [3.8, 4) is 11.5 Å². The molecular formula is C18H19N3O4. The van der Waals surface area contributed by atoms with Crippen molar-refractivity contribution < 1.29 is 14.3 Å². The van der Waals surface area contributed by atoms with Gasteiger partial charge in [-0.1, -0.05) is 6.07 Å². The number of carbonyl (C=O) groups is 1. The van der Waals surface area contributed by atoms with E-state index in [0.717, 1.165) is 24.1 Å². The number of aromatic nitrogens is 2. The van der Waals surface area contributed by atoms with E-state index in [-0.39, 0.29) is 11.3 Å². The molecule has 0 saturated heterocycles. The summed E-state index contributed by atoms with van der Waals surface area (Å²) in [5.41, 5.74) is 2.58. The number of hydrogen-bond acceptors (Lipinski definition) is 5. The highest BCUT2D eigenvalue weighted by Crippen LogP contribution is 2.46. The Morgan fingerprint density at radius 3 is 2.68 bits per heavy atom. The molecule has 130 valence electrons. The molecule has 1 aliphatic heterocycles. The maximum atomic E-state index is 12.7. The second-order valence-electron chi connectivity index (χ2n) is 6.20. The topological polar surface area (TPSA) is 96.2 Å². The van der Waals surface area contributed by atoms with Crippen LogP contribution in [0.1, 0.15) is 36.3 Å². The van der Waals surface area contributed by atoms with Gasteiger partial charge < -0.3 is 14.8 Å². The van der Waals surface area contributed by atoms with Crippen molar-refractivity contribution in [2.75, 3.05) is 19.5 Å². The first-order valence-corrected chi connectivity index (χ1v) is 8.19. The van der Waals surface area contributed by atoms with Crippen molar-refractivity contribution in [2.24, 2.45) is 0 Å². The Morgan fingerprint density at radius 2 is 1.92 bits per heavy atom. The van der Waals surface area contributed by atoms with Crippen molar-refractivity contribution in [2.45, 2.75) is 25.2 Å². The van der Waals surface area contributed by atoms with Gasteiger partial charge in [0.05, 0.1) is 25.7 Å². The standard InChI is InChI=1S/C18H19N3O4/c1-24-9-6-7-10(13(8-9)25-2)14-15-11(4-3-5-12(15)22)19-17-16(14)18(23)21-20-17/h6-8,14H,3-5H2,1-2H3,(H3,19,20,21,23)/t14-/m1/s1. The zero-order chi connectivity index (χ0) is 17.6. The van der Waals surface area contributed by atoms with Gasteiger partial charge in [0.15, 0.2) is 5.78 Å². The van der Waals surface area contributed by atoms with Gasteiger partial charge in [-0.15, -0.1) is 0 Å². The lowest BCUT2D eigenvalue weighted by atomic mass is 9.76. The fraction of sp³-hybridized carbons (Fsp3) is 0.333. The number of methoxy groups -OCH3 is 2. The van der Waals surface area contributed by atoms with Crippen LogP contribution in [0.5, 0.6) is 11.5 Å². The molecule has 2 aromatic rings. The van der Waals surface area contributed by atoms with Crippen molar-refractivity contribution >= 4 is 11.6 Å². The van der Waals surface area contributed by atoms with Crippen LogP contribution in [0.3, 0.4) is 0 Å². The maximum Gasteiger partial charge on any atom is 0.270 e. The summed E-state index contributed by atoms with van der Waals surface area (Å²) in [4.78, 5) is 25.1. The molecule has 2 aliphatic rings. The smallest absolute Gasteiger partial charge is 0.270 e. The predicted octanol–water partition coefficient (Wildman–Crippen LogP) is 2.28. The minimum atomic E-state index is -0.463. The molecule has 0 bridgehead atoms. The Balaban J connectivity index is 1.97. The number of rotatable bonds is 3. The van der Waals surface area contributed by atoms with Gasteiger partial charge in [0, 0.05) is 29.3 Å². The summed E-state index contributed by atoms with van der Waals surface area (Å²) in [6, 6.07) is 5.44. The molecule has 1 aromatic carbocycles. The molecule has 0 saturated carbocycles. The van der Waals surface area contributed by atoms with E-state index in [4.69, 9.17) is 9.47 Å². The third-order valence-electron chi connectivity index (χ3n) is 4.88. The zero-order valence-corrected chi connectivity index (χ0v) is 14.1. The highest BCUT2D eigenvalue weighted by molar-refractivity contribution is 6.01. The number of ketones is 1. The van der Waals surface area contributed by atoms with Crippen LogP contribution in [0.15, 0.2) is 34.3 Å². The number of Topliss-reactive ketones (excluding diaryl/α,β-unsaturated/α-hetero) is 1. The number of carbonyl (C=O) groups excluding carboxylic acids is 1. The van der Waals surface area contributed by atoms with Gasteiger partial charge in [-0.3, -0.25) is 19.8 Å². The molecule has 2 heterocycles. The van der Waals surface area contributed by atoms with Crippen LogP contribution >= 0.6 is 0 Å². The van der Waals surface area contributed by atoms with Gasteiger partial charge >= 0.3 is 0 Å². The van der Waals surface area contributed by atoms with Crippen LogP contribution < -0.4 is 20.3 Å². The SMILES string of the molecule is COc1ccc([C@@H]2C3=C(CCCC3=O)Nc3[nH][nH]c(=O)c32)c(OC)c1. The van der Waals surface area contributed by atoms with Crippen LogP contribution in [-0.2, 0) is 4.79 Å². The van der Waals surface area contributed by atoms with Crippen LogP contribution in [0.25, 0.3) is 0 Å². The summed E-state index contributed by atoms with van der Waals surface area (Å²) < 4.78 is 10.8. The van der Waals surface area contributed by atoms with E-state index in [9.17, 15) is 9.59 Å². The van der Waals surface area contributed by atoms with Crippen LogP contribution in [0.4, 0.5) is 5.82 Å². The van der Waals surface area contributed by atoms with Crippen LogP contribution in [0.2, 0.25) is 0 Å². The fourth-order valence-electron chi connectivity index (χ4n) is 3.73. The summed E-state index contributed by atoms with van der Waals surface area (Å²) in [6.07, 6.45) is 2.08. The minimum absolute atomic E-state index is 0.0721. The molecule has 4 rings (SSSR count). The van der Waals surface area contributed by atoms with Gasteiger partial charge in [-0.05, 0) is 18.9 Å². The largest absolute Gasteiger partial charge is 0.497 e. The Labute approximate surface area is 144 Å². The van der Waals surface area contributed by atoms with Crippen molar-refractivity contribution in [1.82, 2.24) is 10.2 Å². The van der Waals surface area contributed by atoms with Crippen LogP contribution in [0, 0.1) is 0 Å². The Kier molecular flexibility index (Phi) is 3.63. The lowest BCUT2D eigenvalue weighted by Crippen LogP contribution is -2.29. The van der Waals surface area contributed by atoms with Crippen molar-refractivity contribution in [3.63, 3.8) is 0 Å². The molecular weight excluding hydrogens is 322 g/mol. The Hall–Kier alpha value is -2.96. The van der Waals surface area contributed by atoms with E-state index in [1.807, 2.05) is 12.1 Å². The molecule has 3 N–H and O–H groups in total. The van der Waals surface area contributed by atoms with Gasteiger partial charge in [0.25, 0.3) is 5.56 Å². The average molecular weight is 341 g/mol. The second-order valence-corrected chi connectivity index (χ2v) is 6.20. The van der Waals surface area contributed by atoms with E-state index in [1.54, 1.807) is 20.3 Å². The summed E-state index contributed by atoms with van der Waals surface area (Å²) >= 11 is 0. The van der Waals surface area contributed by atoms with E-state index in [2.05, 4.69) is 15.5 Å². The summed E-state index contributed by atoms with van der Waals surface area (Å²) in [6.45, 7) is 0. The number of allylic oxidation sites excluding steroid dienone is 2. The lowest BCUT2D eigenvalue weighted by Gasteiger charge is -2.32. The third kappa shape index (κ3) is 2.34. The van der Waals surface area contributed by atoms with Crippen molar-refractivity contribution in [3.05, 3.63) is 50.9 Å². The Morgan fingerprint density at radius 1 is 1.08 bits per heavy atom. The monoisotopic (exact) mass is 341 g/mol. The normalized spacial score (nSPS) is 19.1. The Bertz CT molecular complexity index is 938. The first-order chi connectivity index (χ1) is 12.1. The van der Waals surface area contributed by atoms with E-state index in [0.29, 0.717) is 34.9 Å². The molecule has 0 radical (unpaired) electrons. The fourth-order valence-corrected chi connectivity index (χ4v) is 3.73. The van der Waals surface area contributed by atoms with Crippen LogP contribution in [-0.4, -0.2) is 30.2 Å². The summed E-state index contributed by atoms with van der Waals surface area (Å²) in [5.74, 6) is 1.46. The van der Waals surface area contributed by atoms with E-state index in [1.165, 1.54) is 0 Å². The van der Waals surface area contributed by atoms with Gasteiger partial charge in [-0.2, -0.15) is 0 Å². The molecule has 1 aromatic heterocycles. The number of hydrogen-bond donors (Lipinski definition) is 3. The number of H-pyrrole nitrogens is 2. The average Bonchev–Trinajstić information content (AvgIpc) is 3.00. The summed E-state index contributed by atoms with van der Waals surface area (Å²) in [5, 5.41) is 8.71. The summed E-state index contributed by atoms with van der Waals surface area (Å²) in [7, 11) is 3.15. The quantitative estimate of drug-likeness (QED) is 0.796. The van der Waals surface area contributed by atoms with Gasteiger partial charge in [-0.25, -0.2) is 0 Å². The molecule has 0 spiro atoms. The first-order valence-electron chi connectivity index (χ1n) is 8.19. The van der Waals surface area contributed by atoms with Gasteiger partial charge in [0.2, 0.25) is 0 Å². The molecule has 0 fully saturated rings. The number of aromatic amines is 2. The maximum absolute atomic E-state index is 12.7. The molecule has 7 heteroatoms. The highest BCUT2D eigenvalue weighted by Gasteiger charge is 2.39. The highest BCUT2D eigenvalue weighted by atomic mass is 16.5. The number of benzene rings is 1. The molecule has 1 atom stereocenters. The first kappa shape index (κ1) is 15.6. The molecule has 0 unspecified atom stereocenters. The molecule has 1 aliphatic carbocycles. The zero-order valence-electron chi connectivity index (χ0n) is 14.1. The van der Waals surface area contributed by atoms with E-state index < -0.39 is 5.92 Å². The molecule has 25 heavy (non-hydrogen) atoms. The third-order valence-corrected chi connectivity index (χ3v) is 4.88. The number of fused-ring (bicyclic) bond motifs is 1. The number of ether oxygens (including phenoxy) is 2. The predicted molar refractivity (Wildman–Crippen MR) is 92.3 cm³/mol. The minimum Gasteiger partial charge on any atom is -0.497 e.